The molecule has 29 heavy (non-hydrogen) atoms. The molecule has 0 saturated carbocycles. The van der Waals surface area contributed by atoms with E-state index >= 15 is 0 Å². The molecule has 0 aliphatic rings. The molecule has 5 heteroatoms. The van der Waals surface area contributed by atoms with Crippen LogP contribution < -0.4 is 5.56 Å². The molecular weight excluding hydrogens is 362 g/mol. The molecule has 4 aromatic rings. The summed E-state index contributed by atoms with van der Waals surface area (Å²) in [5.41, 5.74) is 3.84. The van der Waals surface area contributed by atoms with E-state index in [1.54, 1.807) is 18.3 Å². The van der Waals surface area contributed by atoms with Crippen molar-refractivity contribution in [2.24, 2.45) is 4.99 Å². The zero-order chi connectivity index (χ0) is 20.5. The van der Waals surface area contributed by atoms with Crippen LogP contribution in [-0.4, -0.2) is 20.9 Å². The Bertz CT molecular complexity index is 1320. The number of nitrogens with zero attached hydrogens (tertiary/aromatic N) is 3. The van der Waals surface area contributed by atoms with Gasteiger partial charge < -0.3 is 5.11 Å². The second-order valence-electron chi connectivity index (χ2n) is 7.09. The number of aryl methyl sites for hydroxylation is 3. The summed E-state index contributed by atoms with van der Waals surface area (Å²) in [5, 5.41) is 12.2. The molecule has 0 aliphatic heterocycles. The van der Waals surface area contributed by atoms with Gasteiger partial charge in [-0.25, -0.2) is 14.5 Å². The molecule has 2 aromatic carbocycles. The van der Waals surface area contributed by atoms with E-state index in [1.165, 1.54) is 4.57 Å². The number of aromatic hydroxyl groups is 1. The van der Waals surface area contributed by atoms with Gasteiger partial charge in [0.15, 0.2) is 5.82 Å². The van der Waals surface area contributed by atoms with Gasteiger partial charge in [-0.05, 0) is 62.2 Å². The molecule has 2 aromatic heterocycles. The Kier molecular flexibility index (Phi) is 4.72. The van der Waals surface area contributed by atoms with Gasteiger partial charge in [-0.3, -0.25) is 4.79 Å². The highest BCUT2D eigenvalue weighted by Gasteiger charge is 2.16. The summed E-state index contributed by atoms with van der Waals surface area (Å²) in [7, 11) is 0. The first-order valence-electron chi connectivity index (χ1n) is 9.38. The number of benzene rings is 2. The summed E-state index contributed by atoms with van der Waals surface area (Å²) >= 11 is 0. The highest BCUT2D eigenvalue weighted by molar-refractivity contribution is 6.02. The number of rotatable bonds is 3. The molecule has 1 N–H and O–H groups in total. The SMILES string of the molecule is Cc1cccc(N=Cc2c(O)n(-c3ccc(C)c(C)c3)c(=O)c3ccccc23)n1. The number of fused-ring (bicyclic) bond motifs is 1. The zero-order valence-corrected chi connectivity index (χ0v) is 16.5. The van der Waals surface area contributed by atoms with Gasteiger partial charge in [0.1, 0.15) is 0 Å². The second-order valence-corrected chi connectivity index (χ2v) is 7.09. The molecule has 0 unspecified atom stereocenters. The van der Waals surface area contributed by atoms with Crippen molar-refractivity contribution in [2.75, 3.05) is 0 Å². The maximum atomic E-state index is 13.2. The van der Waals surface area contributed by atoms with E-state index in [2.05, 4.69) is 9.98 Å². The van der Waals surface area contributed by atoms with Crippen molar-refractivity contribution in [3.05, 3.63) is 93.4 Å². The molecule has 0 atom stereocenters. The first-order valence-corrected chi connectivity index (χ1v) is 9.38. The molecule has 0 radical (unpaired) electrons. The lowest BCUT2D eigenvalue weighted by molar-refractivity contribution is 0.436. The molecule has 0 amide bonds. The Hall–Kier alpha value is -3.73. The summed E-state index contributed by atoms with van der Waals surface area (Å²) in [6.45, 7) is 5.88. The van der Waals surface area contributed by atoms with E-state index < -0.39 is 0 Å². The van der Waals surface area contributed by atoms with Crippen LogP contribution in [-0.2, 0) is 0 Å². The van der Waals surface area contributed by atoms with Crippen LogP contribution >= 0.6 is 0 Å². The number of aliphatic imine (C=N–C) groups is 1. The molecule has 0 fully saturated rings. The lowest BCUT2D eigenvalue weighted by Crippen LogP contribution is -2.20. The predicted molar refractivity (Wildman–Crippen MR) is 117 cm³/mol. The minimum atomic E-state index is -0.271. The van der Waals surface area contributed by atoms with Crippen LogP contribution in [0.3, 0.4) is 0 Å². The molecular formula is C24H21N3O2. The van der Waals surface area contributed by atoms with Crippen LogP contribution in [0.25, 0.3) is 16.5 Å². The number of hydrogen-bond donors (Lipinski definition) is 1. The maximum Gasteiger partial charge on any atom is 0.265 e. The molecule has 0 spiro atoms. The number of aromatic nitrogens is 2. The quantitative estimate of drug-likeness (QED) is 0.518. The Balaban J connectivity index is 1.98. The van der Waals surface area contributed by atoms with Gasteiger partial charge in [-0.15, -0.1) is 0 Å². The fourth-order valence-electron chi connectivity index (χ4n) is 3.32. The standard InChI is InChI=1S/C24H21N3O2/c1-15-11-12-18(13-16(15)2)27-23(28)20-9-5-4-8-19(20)21(24(27)29)14-25-22-10-6-7-17(3)26-22/h4-14,29H,1-3H3. The minimum absolute atomic E-state index is 0.145. The van der Waals surface area contributed by atoms with Crippen molar-refractivity contribution in [3.63, 3.8) is 0 Å². The number of hydrogen-bond acceptors (Lipinski definition) is 4. The minimum Gasteiger partial charge on any atom is -0.494 e. The van der Waals surface area contributed by atoms with Gasteiger partial charge in [0, 0.05) is 22.7 Å². The van der Waals surface area contributed by atoms with Gasteiger partial charge in [0.2, 0.25) is 5.88 Å². The molecule has 2 heterocycles. The Morgan fingerprint density at radius 2 is 1.69 bits per heavy atom. The zero-order valence-electron chi connectivity index (χ0n) is 16.5. The van der Waals surface area contributed by atoms with Crippen molar-refractivity contribution >= 4 is 22.8 Å². The highest BCUT2D eigenvalue weighted by Crippen LogP contribution is 2.27. The monoisotopic (exact) mass is 383 g/mol. The lowest BCUT2D eigenvalue weighted by atomic mass is 10.1. The third kappa shape index (κ3) is 3.43. The normalized spacial score (nSPS) is 11.4. The summed E-state index contributed by atoms with van der Waals surface area (Å²) in [6, 6.07) is 18.5. The third-order valence-corrected chi connectivity index (χ3v) is 5.05. The van der Waals surface area contributed by atoms with Gasteiger partial charge in [0.05, 0.1) is 11.3 Å². The van der Waals surface area contributed by atoms with E-state index in [0.29, 0.717) is 27.8 Å². The van der Waals surface area contributed by atoms with Crippen LogP contribution in [0.2, 0.25) is 0 Å². The fraction of sp³-hybridized carbons (Fsp3) is 0.125. The van der Waals surface area contributed by atoms with Crippen LogP contribution in [0.1, 0.15) is 22.4 Å². The average molecular weight is 383 g/mol. The largest absolute Gasteiger partial charge is 0.494 e. The Morgan fingerprint density at radius 1 is 0.931 bits per heavy atom. The van der Waals surface area contributed by atoms with Crippen LogP contribution in [0, 0.1) is 20.8 Å². The highest BCUT2D eigenvalue weighted by atomic mass is 16.3. The molecule has 0 saturated heterocycles. The lowest BCUT2D eigenvalue weighted by Gasteiger charge is -2.14. The molecule has 0 aliphatic carbocycles. The van der Waals surface area contributed by atoms with E-state index in [1.807, 2.05) is 69.3 Å². The first kappa shape index (κ1) is 18.6. The third-order valence-electron chi connectivity index (χ3n) is 5.05. The molecule has 5 nitrogen and oxygen atoms in total. The predicted octanol–water partition coefficient (Wildman–Crippen LogP) is 4.77. The first-order chi connectivity index (χ1) is 14.0. The van der Waals surface area contributed by atoms with E-state index in [-0.39, 0.29) is 11.4 Å². The van der Waals surface area contributed by atoms with E-state index in [9.17, 15) is 9.90 Å². The van der Waals surface area contributed by atoms with E-state index in [0.717, 1.165) is 16.8 Å². The summed E-state index contributed by atoms with van der Waals surface area (Å²) in [5.74, 6) is 0.394. The van der Waals surface area contributed by atoms with Crippen molar-refractivity contribution < 1.29 is 5.11 Å². The smallest absolute Gasteiger partial charge is 0.265 e. The molecule has 0 bridgehead atoms. The van der Waals surface area contributed by atoms with Gasteiger partial charge >= 0.3 is 0 Å². The molecule has 4 rings (SSSR count). The fourth-order valence-corrected chi connectivity index (χ4v) is 3.32. The molecule has 144 valence electrons. The van der Waals surface area contributed by atoms with Gasteiger partial charge in [-0.1, -0.05) is 30.3 Å². The second kappa shape index (κ2) is 7.36. The van der Waals surface area contributed by atoms with Gasteiger partial charge in [0.25, 0.3) is 5.56 Å². The van der Waals surface area contributed by atoms with Crippen molar-refractivity contribution in [3.8, 4) is 11.6 Å². The Morgan fingerprint density at radius 3 is 2.41 bits per heavy atom. The summed E-state index contributed by atoms with van der Waals surface area (Å²) in [6.07, 6.45) is 1.57. The summed E-state index contributed by atoms with van der Waals surface area (Å²) < 4.78 is 1.33. The van der Waals surface area contributed by atoms with E-state index in [4.69, 9.17) is 0 Å². The van der Waals surface area contributed by atoms with Crippen LogP contribution in [0.5, 0.6) is 5.88 Å². The Labute approximate surface area is 168 Å². The average Bonchev–Trinajstić information content (AvgIpc) is 2.71. The summed E-state index contributed by atoms with van der Waals surface area (Å²) in [4.78, 5) is 22.0. The van der Waals surface area contributed by atoms with Crippen LogP contribution in [0.15, 0.2) is 70.5 Å². The van der Waals surface area contributed by atoms with Crippen molar-refractivity contribution in [1.82, 2.24) is 9.55 Å². The number of pyridine rings is 2. The van der Waals surface area contributed by atoms with Gasteiger partial charge in [-0.2, -0.15) is 0 Å². The maximum absolute atomic E-state index is 13.2. The van der Waals surface area contributed by atoms with Crippen LogP contribution in [0.4, 0.5) is 5.82 Å². The van der Waals surface area contributed by atoms with Crippen molar-refractivity contribution in [2.45, 2.75) is 20.8 Å². The topological polar surface area (TPSA) is 67.5 Å². The van der Waals surface area contributed by atoms with Crippen molar-refractivity contribution in [1.29, 1.82) is 0 Å².